The molecule has 3 aromatic rings. The van der Waals surface area contributed by atoms with E-state index in [1.807, 2.05) is 30.3 Å². The highest BCUT2D eigenvalue weighted by atomic mass is 35.5. The van der Waals surface area contributed by atoms with Crippen LogP contribution in [0.1, 0.15) is 15.9 Å². The average molecular weight is 498 g/mol. The van der Waals surface area contributed by atoms with E-state index in [0.717, 1.165) is 38.4 Å². The summed E-state index contributed by atoms with van der Waals surface area (Å²) in [7, 11) is 0. The smallest absolute Gasteiger partial charge is 0.338 e. The molecule has 0 saturated carbocycles. The van der Waals surface area contributed by atoms with E-state index in [0.29, 0.717) is 15.7 Å². The maximum absolute atomic E-state index is 12.2. The lowest BCUT2D eigenvalue weighted by molar-refractivity contribution is -0.119. The van der Waals surface area contributed by atoms with Crippen LogP contribution in [0.3, 0.4) is 0 Å². The zero-order valence-electron chi connectivity index (χ0n) is 18.5. The summed E-state index contributed by atoms with van der Waals surface area (Å²) in [6, 6.07) is 22.6. The summed E-state index contributed by atoms with van der Waals surface area (Å²) in [6.07, 6.45) is 0. The van der Waals surface area contributed by atoms with Crippen molar-refractivity contribution in [1.82, 2.24) is 4.90 Å². The van der Waals surface area contributed by atoms with Gasteiger partial charge in [-0.25, -0.2) is 4.79 Å². The fourth-order valence-electron chi connectivity index (χ4n) is 3.84. The van der Waals surface area contributed by atoms with Crippen molar-refractivity contribution in [3.05, 3.63) is 94.0 Å². The van der Waals surface area contributed by atoms with Crippen molar-refractivity contribution in [2.75, 3.05) is 43.0 Å². The summed E-state index contributed by atoms with van der Waals surface area (Å²) in [5, 5.41) is 3.38. The maximum Gasteiger partial charge on any atom is 0.338 e. The summed E-state index contributed by atoms with van der Waals surface area (Å²) >= 11 is 11.8. The van der Waals surface area contributed by atoms with Gasteiger partial charge >= 0.3 is 5.97 Å². The lowest BCUT2D eigenvalue weighted by Gasteiger charge is -2.36. The number of benzene rings is 3. The Morgan fingerprint density at radius 1 is 0.853 bits per heavy atom. The number of halogens is 2. The molecule has 0 unspecified atom stereocenters. The third kappa shape index (κ3) is 6.73. The van der Waals surface area contributed by atoms with Gasteiger partial charge in [0.25, 0.3) is 5.91 Å². The predicted molar refractivity (Wildman–Crippen MR) is 136 cm³/mol. The molecule has 1 fully saturated rings. The molecular formula is C26H25Cl2N3O3. The summed E-state index contributed by atoms with van der Waals surface area (Å²) in [4.78, 5) is 29.1. The van der Waals surface area contributed by atoms with Crippen LogP contribution >= 0.6 is 23.2 Å². The van der Waals surface area contributed by atoms with E-state index in [1.54, 1.807) is 0 Å². The number of piperazine rings is 1. The second kappa shape index (κ2) is 11.4. The van der Waals surface area contributed by atoms with Crippen molar-refractivity contribution in [1.29, 1.82) is 0 Å². The minimum Gasteiger partial charge on any atom is -0.452 e. The van der Waals surface area contributed by atoms with Gasteiger partial charge in [0.1, 0.15) is 0 Å². The van der Waals surface area contributed by atoms with E-state index in [4.69, 9.17) is 27.9 Å². The first-order valence-corrected chi connectivity index (χ1v) is 11.8. The normalized spacial score (nSPS) is 14.0. The molecule has 1 N–H and O–H groups in total. The Balaban J connectivity index is 1.23. The molecule has 1 aliphatic heterocycles. The lowest BCUT2D eigenvalue weighted by Crippen LogP contribution is -2.45. The molecule has 3 aromatic carbocycles. The van der Waals surface area contributed by atoms with Gasteiger partial charge in [-0.15, -0.1) is 0 Å². The Kier molecular flexibility index (Phi) is 8.06. The monoisotopic (exact) mass is 497 g/mol. The molecule has 1 aliphatic rings. The van der Waals surface area contributed by atoms with Crippen molar-refractivity contribution in [3.63, 3.8) is 0 Å². The first kappa shape index (κ1) is 24.1. The number of hydrogen-bond donors (Lipinski definition) is 1. The molecular weight excluding hydrogens is 473 g/mol. The quantitative estimate of drug-likeness (QED) is 0.459. The van der Waals surface area contributed by atoms with Crippen molar-refractivity contribution < 1.29 is 14.3 Å². The molecule has 1 amide bonds. The molecule has 4 rings (SSSR count). The van der Waals surface area contributed by atoms with Crippen LogP contribution < -0.4 is 10.2 Å². The number of esters is 1. The van der Waals surface area contributed by atoms with Crippen molar-refractivity contribution in [2.24, 2.45) is 0 Å². The molecule has 1 saturated heterocycles. The van der Waals surface area contributed by atoms with Gasteiger partial charge in [0.15, 0.2) is 6.61 Å². The van der Waals surface area contributed by atoms with Crippen molar-refractivity contribution in [3.8, 4) is 0 Å². The SMILES string of the molecule is O=C(COC(=O)c1cc(Cl)cc(Cl)c1)Nc1ccc(N2CCN(Cc3ccccc3)CC2)cc1. The number of anilines is 2. The van der Waals surface area contributed by atoms with Gasteiger partial charge in [0.05, 0.1) is 5.56 Å². The van der Waals surface area contributed by atoms with Crippen LogP contribution in [-0.2, 0) is 16.1 Å². The zero-order chi connectivity index (χ0) is 23.9. The Morgan fingerprint density at radius 2 is 1.50 bits per heavy atom. The molecule has 1 heterocycles. The zero-order valence-corrected chi connectivity index (χ0v) is 20.1. The van der Waals surface area contributed by atoms with Gasteiger partial charge in [0.2, 0.25) is 0 Å². The number of ether oxygens (including phenoxy) is 1. The van der Waals surface area contributed by atoms with E-state index < -0.39 is 18.5 Å². The van der Waals surface area contributed by atoms with Crippen LogP contribution in [0, 0.1) is 0 Å². The van der Waals surface area contributed by atoms with Crippen LogP contribution in [-0.4, -0.2) is 49.6 Å². The van der Waals surface area contributed by atoms with Gasteiger partial charge in [-0.3, -0.25) is 9.69 Å². The number of hydrogen-bond acceptors (Lipinski definition) is 5. The average Bonchev–Trinajstić information content (AvgIpc) is 2.84. The van der Waals surface area contributed by atoms with E-state index in [-0.39, 0.29) is 5.56 Å². The summed E-state index contributed by atoms with van der Waals surface area (Å²) in [5.74, 6) is -1.09. The molecule has 34 heavy (non-hydrogen) atoms. The van der Waals surface area contributed by atoms with E-state index >= 15 is 0 Å². The molecule has 0 aromatic heterocycles. The molecule has 0 spiro atoms. The van der Waals surface area contributed by atoms with Crippen molar-refractivity contribution >= 4 is 46.5 Å². The minimum absolute atomic E-state index is 0.193. The van der Waals surface area contributed by atoms with E-state index in [9.17, 15) is 9.59 Å². The summed E-state index contributed by atoms with van der Waals surface area (Å²) in [6.45, 7) is 4.44. The molecule has 0 bridgehead atoms. The Labute approximate surface area is 209 Å². The maximum atomic E-state index is 12.2. The highest BCUT2D eigenvalue weighted by Crippen LogP contribution is 2.21. The third-order valence-electron chi connectivity index (χ3n) is 5.57. The van der Waals surface area contributed by atoms with Gasteiger partial charge in [-0.2, -0.15) is 0 Å². The molecule has 0 aliphatic carbocycles. The number of carbonyl (C=O) groups excluding carboxylic acids is 2. The van der Waals surface area contributed by atoms with E-state index in [2.05, 4.69) is 39.4 Å². The number of nitrogens with one attached hydrogen (secondary N) is 1. The number of amides is 1. The Morgan fingerprint density at radius 3 is 2.15 bits per heavy atom. The highest BCUT2D eigenvalue weighted by Gasteiger charge is 2.17. The van der Waals surface area contributed by atoms with E-state index in [1.165, 1.54) is 23.8 Å². The van der Waals surface area contributed by atoms with Gasteiger partial charge < -0.3 is 15.0 Å². The summed E-state index contributed by atoms with van der Waals surface area (Å²) in [5.41, 5.74) is 3.27. The number of rotatable bonds is 7. The minimum atomic E-state index is -0.665. The molecule has 176 valence electrons. The first-order chi connectivity index (χ1) is 16.5. The first-order valence-electron chi connectivity index (χ1n) is 11.0. The molecule has 0 radical (unpaired) electrons. The number of nitrogens with zero attached hydrogens (tertiary/aromatic N) is 2. The molecule has 8 heteroatoms. The summed E-state index contributed by atoms with van der Waals surface area (Å²) < 4.78 is 5.06. The molecule has 6 nitrogen and oxygen atoms in total. The van der Waals surface area contributed by atoms with Crippen molar-refractivity contribution in [2.45, 2.75) is 6.54 Å². The Bertz CT molecular complexity index is 1110. The second-order valence-electron chi connectivity index (χ2n) is 8.08. The standard InChI is InChI=1S/C26H25Cl2N3O3/c27-21-14-20(15-22(28)16-21)26(33)34-18-25(32)29-23-6-8-24(9-7-23)31-12-10-30(11-13-31)17-19-4-2-1-3-5-19/h1-9,14-16H,10-13,17-18H2,(H,29,32). The van der Waals surface area contributed by atoms with Gasteiger partial charge in [-0.1, -0.05) is 53.5 Å². The predicted octanol–water partition coefficient (Wildman–Crippen LogP) is 5.11. The largest absolute Gasteiger partial charge is 0.452 e. The number of carbonyl (C=O) groups is 2. The van der Waals surface area contributed by atoms with Crippen LogP contribution in [0.25, 0.3) is 0 Å². The molecule has 0 atom stereocenters. The lowest BCUT2D eigenvalue weighted by atomic mass is 10.2. The fourth-order valence-corrected chi connectivity index (χ4v) is 4.37. The van der Waals surface area contributed by atoms with Crippen LogP contribution in [0.4, 0.5) is 11.4 Å². The van der Waals surface area contributed by atoms with Gasteiger partial charge in [0, 0.05) is 54.1 Å². The van der Waals surface area contributed by atoms with Crippen LogP contribution in [0.2, 0.25) is 10.0 Å². The topological polar surface area (TPSA) is 61.9 Å². The van der Waals surface area contributed by atoms with Crippen LogP contribution in [0.5, 0.6) is 0 Å². The van der Waals surface area contributed by atoms with Gasteiger partial charge in [-0.05, 0) is 48.0 Å². The highest BCUT2D eigenvalue weighted by molar-refractivity contribution is 6.35. The van der Waals surface area contributed by atoms with Crippen LogP contribution in [0.15, 0.2) is 72.8 Å². The third-order valence-corrected chi connectivity index (χ3v) is 6.01. The Hall–Kier alpha value is -3.06. The second-order valence-corrected chi connectivity index (χ2v) is 8.95. The fraction of sp³-hybridized carbons (Fsp3) is 0.231.